The van der Waals surface area contributed by atoms with Gasteiger partial charge in [-0.15, -0.1) is 11.3 Å². The van der Waals surface area contributed by atoms with Gasteiger partial charge in [0, 0.05) is 18.5 Å². The zero-order valence-corrected chi connectivity index (χ0v) is 22.1. The van der Waals surface area contributed by atoms with Crippen molar-refractivity contribution in [1.82, 2.24) is 4.90 Å². The number of fused-ring (bicyclic) bond motifs is 2. The minimum absolute atomic E-state index is 0.000796. The minimum atomic E-state index is -2.59. The van der Waals surface area contributed by atoms with Crippen molar-refractivity contribution in [3.05, 3.63) is 13.1 Å². The van der Waals surface area contributed by atoms with E-state index in [0.717, 1.165) is 34.9 Å². The highest BCUT2D eigenvalue weighted by molar-refractivity contribution is 9.10. The van der Waals surface area contributed by atoms with Crippen molar-refractivity contribution in [2.24, 2.45) is 5.92 Å². The highest BCUT2D eigenvalue weighted by Crippen LogP contribution is 2.47. The molecular weight excluding hydrogens is 551 g/mol. The van der Waals surface area contributed by atoms with Crippen molar-refractivity contribution < 1.29 is 23.1 Å². The van der Waals surface area contributed by atoms with Crippen molar-refractivity contribution in [2.45, 2.75) is 77.0 Å². The molecule has 0 radical (unpaired) electrons. The van der Waals surface area contributed by atoms with Crippen LogP contribution in [-0.2, 0) is 20.8 Å². The quantitative estimate of drug-likeness (QED) is 0.429. The van der Waals surface area contributed by atoms with Crippen molar-refractivity contribution >= 4 is 79.4 Å². The molecule has 31 heavy (non-hydrogen) atoms. The molecule has 2 bridgehead atoms. The van der Waals surface area contributed by atoms with Crippen LogP contribution in [0, 0.1) is 5.92 Å². The van der Waals surface area contributed by atoms with E-state index in [2.05, 4.69) is 15.9 Å². The fraction of sp³-hybridized carbons (Fsp3) is 0.684. The number of carbonyl (C=O) groups excluding carboxylic acids is 2. The summed E-state index contributed by atoms with van der Waals surface area (Å²) in [6.45, 7) is 5.53. The molecule has 2 saturated heterocycles. The molecule has 0 aromatic carbocycles. The molecule has 2 aliphatic heterocycles. The Morgan fingerprint density at radius 3 is 2.29 bits per heavy atom. The van der Waals surface area contributed by atoms with E-state index >= 15 is 0 Å². The molecule has 174 valence electrons. The Labute approximate surface area is 206 Å². The van der Waals surface area contributed by atoms with Crippen LogP contribution in [0.25, 0.3) is 0 Å². The number of halogens is 3. The summed E-state index contributed by atoms with van der Waals surface area (Å²) in [5.74, 6) is -0.522. The fourth-order valence-electron chi connectivity index (χ4n) is 4.41. The van der Waals surface area contributed by atoms with Crippen LogP contribution in [0.2, 0.25) is 8.67 Å². The van der Waals surface area contributed by atoms with Crippen LogP contribution in [0.3, 0.4) is 0 Å². The number of thiophene rings is 1. The van der Waals surface area contributed by atoms with Gasteiger partial charge in [0.15, 0.2) is 0 Å². The second-order valence-electron chi connectivity index (χ2n) is 8.90. The smallest absolute Gasteiger partial charge is 0.410 e. The van der Waals surface area contributed by atoms with E-state index in [9.17, 15) is 18.4 Å². The van der Waals surface area contributed by atoms with Crippen LogP contribution < -0.4 is 4.31 Å². The zero-order valence-electron chi connectivity index (χ0n) is 17.4. The minimum Gasteiger partial charge on any atom is -0.444 e. The van der Waals surface area contributed by atoms with E-state index in [1.807, 2.05) is 25.7 Å². The third-order valence-corrected chi connectivity index (χ3v) is 9.02. The molecule has 3 rings (SSSR count). The number of hydrogen-bond donors (Lipinski definition) is 1. The zero-order chi connectivity index (χ0) is 23.1. The summed E-state index contributed by atoms with van der Waals surface area (Å²) in [6.07, 6.45) is 3.80. The Bertz CT molecular complexity index is 877. The fourth-order valence-corrected chi connectivity index (χ4v) is 7.57. The molecule has 2 aliphatic rings. The van der Waals surface area contributed by atoms with Gasteiger partial charge in [-0.05, 0) is 74.7 Å². The van der Waals surface area contributed by atoms with E-state index in [1.165, 1.54) is 0 Å². The summed E-state index contributed by atoms with van der Waals surface area (Å²) in [5, 5.41) is 0. The van der Waals surface area contributed by atoms with Gasteiger partial charge in [-0.25, -0.2) is 13.3 Å². The Balaban J connectivity index is 1.74. The van der Waals surface area contributed by atoms with Crippen LogP contribution in [0.5, 0.6) is 0 Å². The Morgan fingerprint density at radius 2 is 1.84 bits per heavy atom. The van der Waals surface area contributed by atoms with Gasteiger partial charge in [-0.3, -0.25) is 9.35 Å². The summed E-state index contributed by atoms with van der Waals surface area (Å²) in [5.41, 5.74) is -0.466. The van der Waals surface area contributed by atoms with Crippen LogP contribution in [-0.4, -0.2) is 43.3 Å². The Hall–Kier alpha value is -0.390. The molecule has 2 fully saturated rings. The van der Waals surface area contributed by atoms with Gasteiger partial charge in [0.1, 0.15) is 20.0 Å². The Morgan fingerprint density at radius 1 is 1.26 bits per heavy atom. The number of hydrogen-bond acceptors (Lipinski definition) is 5. The van der Waals surface area contributed by atoms with Crippen molar-refractivity contribution in [2.75, 3.05) is 4.31 Å². The van der Waals surface area contributed by atoms with Gasteiger partial charge in [0.05, 0.1) is 4.47 Å². The molecule has 12 heteroatoms. The number of rotatable bonds is 4. The molecular formula is C19H25BrCl2N2O5S2. The van der Waals surface area contributed by atoms with E-state index in [0.29, 0.717) is 21.7 Å². The van der Waals surface area contributed by atoms with Gasteiger partial charge in [0.2, 0.25) is 5.91 Å². The summed E-state index contributed by atoms with van der Waals surface area (Å²) in [6, 6.07) is -0.00159. The lowest BCUT2D eigenvalue weighted by atomic mass is 9.77. The number of nitrogens with zero attached hydrogens (tertiary/aromatic N) is 2. The highest BCUT2D eigenvalue weighted by Gasteiger charge is 2.43. The molecule has 1 aromatic rings. The number of anilines is 1. The maximum absolute atomic E-state index is 13.0. The number of amides is 2. The third-order valence-electron chi connectivity index (χ3n) is 5.47. The molecule has 0 aliphatic carbocycles. The summed E-state index contributed by atoms with van der Waals surface area (Å²) < 4.78 is 28.9. The first kappa shape index (κ1) is 25.2. The second kappa shape index (κ2) is 9.85. The molecule has 7 nitrogen and oxygen atoms in total. The van der Waals surface area contributed by atoms with Crippen molar-refractivity contribution in [3.8, 4) is 0 Å². The topological polar surface area (TPSA) is 87.2 Å². The van der Waals surface area contributed by atoms with E-state index < -0.39 is 22.8 Å². The van der Waals surface area contributed by atoms with Gasteiger partial charge in [0.25, 0.3) is 11.3 Å². The third kappa shape index (κ3) is 5.76. The lowest BCUT2D eigenvalue weighted by Gasteiger charge is -2.48. The van der Waals surface area contributed by atoms with Gasteiger partial charge >= 0.3 is 6.09 Å². The summed E-state index contributed by atoms with van der Waals surface area (Å²) >= 11 is 13.9. The maximum Gasteiger partial charge on any atom is 0.410 e. The number of ether oxygens (including phenoxy) is 1. The maximum atomic E-state index is 13.0. The second-order valence-corrected chi connectivity index (χ2v) is 12.7. The van der Waals surface area contributed by atoms with Gasteiger partial charge in [-0.1, -0.05) is 23.2 Å². The predicted octanol–water partition coefficient (Wildman–Crippen LogP) is 6.25. The molecule has 3 atom stereocenters. The first-order valence-electron chi connectivity index (χ1n) is 9.97. The molecule has 0 saturated carbocycles. The SMILES string of the molecule is CC(C)(C)OC(=O)N1C2CCCC1CC(CC(=O)N(c1c(Cl)sc(Cl)c1Br)S(=O)O)C2. The van der Waals surface area contributed by atoms with Crippen LogP contribution >= 0.6 is 50.5 Å². The Kier molecular flexibility index (Phi) is 8.02. The van der Waals surface area contributed by atoms with Crippen LogP contribution in [0.1, 0.15) is 59.3 Å². The molecule has 1 N–H and O–H groups in total. The van der Waals surface area contributed by atoms with E-state index in [4.69, 9.17) is 27.9 Å². The molecule has 3 heterocycles. The van der Waals surface area contributed by atoms with E-state index in [1.54, 1.807) is 0 Å². The predicted molar refractivity (Wildman–Crippen MR) is 127 cm³/mol. The summed E-state index contributed by atoms with van der Waals surface area (Å²) in [4.78, 5) is 27.6. The lowest BCUT2D eigenvalue weighted by molar-refractivity contribution is -0.119. The van der Waals surface area contributed by atoms with Crippen LogP contribution in [0.15, 0.2) is 4.47 Å². The van der Waals surface area contributed by atoms with Gasteiger partial charge < -0.3 is 9.64 Å². The molecule has 0 spiro atoms. The molecule has 3 unspecified atom stereocenters. The molecule has 1 aromatic heterocycles. The number of piperidine rings is 2. The van der Waals surface area contributed by atoms with Crippen molar-refractivity contribution in [3.63, 3.8) is 0 Å². The first-order valence-corrected chi connectivity index (χ1v) is 13.4. The average molecular weight is 576 g/mol. The average Bonchev–Trinajstić information content (AvgIpc) is 2.85. The van der Waals surface area contributed by atoms with E-state index in [-0.39, 0.29) is 40.5 Å². The monoisotopic (exact) mass is 574 g/mol. The lowest BCUT2D eigenvalue weighted by Crippen LogP contribution is -2.56. The number of carbonyl (C=O) groups is 2. The van der Waals surface area contributed by atoms with Gasteiger partial charge in [-0.2, -0.15) is 0 Å². The van der Waals surface area contributed by atoms with Crippen LogP contribution in [0.4, 0.5) is 10.5 Å². The summed E-state index contributed by atoms with van der Waals surface area (Å²) in [7, 11) is 0. The van der Waals surface area contributed by atoms with Crippen molar-refractivity contribution in [1.29, 1.82) is 0 Å². The first-order chi connectivity index (χ1) is 14.4. The largest absolute Gasteiger partial charge is 0.444 e. The normalized spacial score (nSPS) is 24.6. The molecule has 2 amide bonds. The highest BCUT2D eigenvalue weighted by atomic mass is 79.9. The standard InChI is InChI=1S/C19H25BrCl2N2O5S2/c1-19(2,3)29-18(26)23-11-5-4-6-12(23)8-10(7-11)9-13(25)24(31(27)28)15-14(20)16(21)30-17(15)22/h10-12H,4-9H2,1-3H3,(H,27,28).